The number of carboxylic acid groups (broad SMARTS) is 1. The summed E-state index contributed by atoms with van der Waals surface area (Å²) in [7, 11) is 0. The standard InChI is InChI=1S/C11H11NO5/c1-6(10-5-17-10)9-4-7(12(15)16)2-3-8(9)11(13)14/h2-4,6,10H,5H2,1H3,(H,13,14)/p-1. The molecule has 1 aromatic carbocycles. The van der Waals surface area contributed by atoms with Crippen LogP contribution in [0.1, 0.15) is 28.8 Å². The second-order valence-corrected chi connectivity index (χ2v) is 3.98. The van der Waals surface area contributed by atoms with Crippen molar-refractivity contribution in [1.29, 1.82) is 0 Å². The van der Waals surface area contributed by atoms with E-state index in [0.717, 1.165) is 6.07 Å². The lowest BCUT2D eigenvalue weighted by molar-refractivity contribution is -0.384. The number of benzene rings is 1. The zero-order valence-electron chi connectivity index (χ0n) is 9.08. The van der Waals surface area contributed by atoms with Crippen LogP contribution in [0.25, 0.3) is 0 Å². The summed E-state index contributed by atoms with van der Waals surface area (Å²) in [6, 6.07) is 3.65. The molecule has 0 aromatic heterocycles. The van der Waals surface area contributed by atoms with Crippen LogP contribution < -0.4 is 5.11 Å². The lowest BCUT2D eigenvalue weighted by Crippen LogP contribution is -2.25. The van der Waals surface area contributed by atoms with E-state index in [2.05, 4.69) is 0 Å². The van der Waals surface area contributed by atoms with Crippen molar-refractivity contribution in [2.75, 3.05) is 6.61 Å². The van der Waals surface area contributed by atoms with E-state index in [1.165, 1.54) is 12.1 Å². The first-order chi connectivity index (χ1) is 8.00. The molecule has 17 heavy (non-hydrogen) atoms. The highest BCUT2D eigenvalue weighted by molar-refractivity contribution is 5.88. The van der Waals surface area contributed by atoms with Crippen LogP contribution in [0.3, 0.4) is 0 Å². The van der Waals surface area contributed by atoms with Gasteiger partial charge in [-0.25, -0.2) is 0 Å². The fraction of sp³-hybridized carbons (Fsp3) is 0.364. The molecule has 2 rings (SSSR count). The van der Waals surface area contributed by atoms with Gasteiger partial charge < -0.3 is 14.6 Å². The minimum absolute atomic E-state index is 0.0152. The molecule has 6 heteroatoms. The Morgan fingerprint density at radius 3 is 2.71 bits per heavy atom. The molecule has 1 aromatic rings. The van der Waals surface area contributed by atoms with E-state index in [-0.39, 0.29) is 23.3 Å². The van der Waals surface area contributed by atoms with Crippen molar-refractivity contribution in [3.8, 4) is 0 Å². The maximum Gasteiger partial charge on any atom is 0.269 e. The highest BCUT2D eigenvalue weighted by atomic mass is 16.6. The number of rotatable bonds is 4. The Morgan fingerprint density at radius 2 is 2.24 bits per heavy atom. The average molecular weight is 236 g/mol. The molecular weight excluding hydrogens is 226 g/mol. The van der Waals surface area contributed by atoms with Gasteiger partial charge >= 0.3 is 0 Å². The molecule has 1 fully saturated rings. The maximum absolute atomic E-state index is 10.9. The van der Waals surface area contributed by atoms with E-state index in [4.69, 9.17) is 4.74 Å². The Hall–Kier alpha value is -1.95. The number of carboxylic acids is 1. The molecule has 2 unspecified atom stereocenters. The van der Waals surface area contributed by atoms with Gasteiger partial charge in [0.25, 0.3) is 5.69 Å². The molecule has 0 aliphatic carbocycles. The maximum atomic E-state index is 10.9. The third-order valence-corrected chi connectivity index (χ3v) is 2.87. The largest absolute Gasteiger partial charge is 0.545 e. The van der Waals surface area contributed by atoms with Crippen LogP contribution >= 0.6 is 0 Å². The number of aromatic carboxylic acids is 1. The fourth-order valence-corrected chi connectivity index (χ4v) is 1.77. The number of ether oxygens (including phenoxy) is 1. The van der Waals surface area contributed by atoms with Crippen molar-refractivity contribution in [1.82, 2.24) is 0 Å². The van der Waals surface area contributed by atoms with Crippen LogP contribution in [-0.4, -0.2) is 23.6 Å². The molecule has 2 atom stereocenters. The Balaban J connectivity index is 2.46. The van der Waals surface area contributed by atoms with Crippen molar-refractivity contribution >= 4 is 11.7 Å². The molecule has 0 radical (unpaired) electrons. The van der Waals surface area contributed by atoms with E-state index < -0.39 is 10.9 Å². The topological polar surface area (TPSA) is 95.8 Å². The van der Waals surface area contributed by atoms with Crippen molar-refractivity contribution in [3.05, 3.63) is 39.4 Å². The number of nitro groups is 1. The third kappa shape index (κ3) is 2.26. The van der Waals surface area contributed by atoms with Gasteiger partial charge in [0.2, 0.25) is 0 Å². The molecule has 1 heterocycles. The van der Waals surface area contributed by atoms with Gasteiger partial charge in [0.1, 0.15) is 0 Å². The smallest absolute Gasteiger partial charge is 0.269 e. The molecule has 0 bridgehead atoms. The molecule has 1 saturated heterocycles. The summed E-state index contributed by atoms with van der Waals surface area (Å²) in [5.41, 5.74) is 0.248. The summed E-state index contributed by atoms with van der Waals surface area (Å²) in [6.07, 6.45) is -0.0601. The molecule has 0 N–H and O–H groups in total. The molecule has 90 valence electrons. The van der Waals surface area contributed by atoms with E-state index in [0.29, 0.717) is 12.2 Å². The first-order valence-corrected chi connectivity index (χ1v) is 5.12. The molecule has 0 saturated carbocycles. The summed E-state index contributed by atoms with van der Waals surface area (Å²) >= 11 is 0. The second kappa shape index (κ2) is 4.14. The lowest BCUT2D eigenvalue weighted by atomic mass is 9.93. The van der Waals surface area contributed by atoms with Crippen molar-refractivity contribution in [3.63, 3.8) is 0 Å². The van der Waals surface area contributed by atoms with Gasteiger partial charge in [0, 0.05) is 23.6 Å². The van der Waals surface area contributed by atoms with Gasteiger partial charge in [0.15, 0.2) is 0 Å². The highest BCUT2D eigenvalue weighted by Crippen LogP contribution is 2.33. The fourth-order valence-electron chi connectivity index (χ4n) is 1.77. The van der Waals surface area contributed by atoms with Crippen molar-refractivity contribution in [2.45, 2.75) is 18.9 Å². The number of nitrogens with zero attached hydrogens (tertiary/aromatic N) is 1. The molecule has 0 amide bonds. The average Bonchev–Trinajstić information content (AvgIpc) is 3.10. The quantitative estimate of drug-likeness (QED) is 0.430. The van der Waals surface area contributed by atoms with Crippen LogP contribution in [0.15, 0.2) is 18.2 Å². The number of carbonyl (C=O) groups is 1. The number of hydrogen-bond acceptors (Lipinski definition) is 5. The van der Waals surface area contributed by atoms with Crippen LogP contribution in [0.5, 0.6) is 0 Å². The minimum atomic E-state index is -1.33. The van der Waals surface area contributed by atoms with Crippen molar-refractivity contribution < 1.29 is 19.6 Å². The summed E-state index contributed by atoms with van der Waals surface area (Å²) in [4.78, 5) is 21.0. The Morgan fingerprint density at radius 1 is 1.59 bits per heavy atom. The number of nitro benzene ring substituents is 1. The Bertz CT molecular complexity index is 481. The lowest BCUT2D eigenvalue weighted by Gasteiger charge is -2.14. The summed E-state index contributed by atoms with van der Waals surface area (Å²) in [6.45, 7) is 2.33. The summed E-state index contributed by atoms with van der Waals surface area (Å²) in [5.74, 6) is -1.52. The van der Waals surface area contributed by atoms with Crippen LogP contribution in [-0.2, 0) is 4.74 Å². The molecule has 1 aliphatic rings. The predicted octanol–water partition coefficient (Wildman–Crippen LogP) is 0.461. The molecular formula is C11H10NO5-. The normalized spacial score (nSPS) is 19.7. The number of non-ortho nitro benzene ring substituents is 1. The zero-order chi connectivity index (χ0) is 12.6. The number of epoxide rings is 1. The van der Waals surface area contributed by atoms with Gasteiger partial charge in [-0.3, -0.25) is 10.1 Å². The second-order valence-electron chi connectivity index (χ2n) is 3.98. The van der Waals surface area contributed by atoms with E-state index in [9.17, 15) is 20.0 Å². The SMILES string of the molecule is CC(c1cc([N+](=O)[O-])ccc1C(=O)[O-])C1CO1. The summed E-state index contributed by atoms with van der Waals surface area (Å²) in [5, 5.41) is 21.6. The van der Waals surface area contributed by atoms with Crippen LogP contribution in [0, 0.1) is 10.1 Å². The van der Waals surface area contributed by atoms with Gasteiger partial charge in [-0.1, -0.05) is 6.92 Å². The van der Waals surface area contributed by atoms with Crippen molar-refractivity contribution in [2.24, 2.45) is 0 Å². The Labute approximate surface area is 97.0 Å². The molecule has 6 nitrogen and oxygen atoms in total. The molecule has 1 aliphatic heterocycles. The third-order valence-electron chi connectivity index (χ3n) is 2.87. The monoisotopic (exact) mass is 236 g/mol. The first kappa shape index (κ1) is 11.5. The highest BCUT2D eigenvalue weighted by Gasteiger charge is 2.32. The number of hydrogen-bond donors (Lipinski definition) is 0. The first-order valence-electron chi connectivity index (χ1n) is 5.12. The van der Waals surface area contributed by atoms with E-state index >= 15 is 0 Å². The van der Waals surface area contributed by atoms with Gasteiger partial charge in [-0.15, -0.1) is 0 Å². The van der Waals surface area contributed by atoms with Crippen LogP contribution in [0.4, 0.5) is 5.69 Å². The van der Waals surface area contributed by atoms with E-state index in [1.807, 2.05) is 0 Å². The van der Waals surface area contributed by atoms with Gasteiger partial charge in [-0.05, 0) is 11.6 Å². The number of carbonyl (C=O) groups excluding carboxylic acids is 1. The molecule has 0 spiro atoms. The van der Waals surface area contributed by atoms with Gasteiger partial charge in [0.05, 0.1) is 23.6 Å². The van der Waals surface area contributed by atoms with Gasteiger partial charge in [-0.2, -0.15) is 0 Å². The minimum Gasteiger partial charge on any atom is -0.545 e. The summed E-state index contributed by atoms with van der Waals surface area (Å²) < 4.78 is 5.08. The van der Waals surface area contributed by atoms with Crippen LogP contribution in [0.2, 0.25) is 0 Å². The Kier molecular flexibility index (Phi) is 2.81. The van der Waals surface area contributed by atoms with E-state index in [1.54, 1.807) is 6.92 Å². The predicted molar refractivity (Wildman–Crippen MR) is 55.6 cm³/mol. The zero-order valence-corrected chi connectivity index (χ0v) is 9.08.